The van der Waals surface area contributed by atoms with E-state index < -0.39 is 0 Å². The van der Waals surface area contributed by atoms with Gasteiger partial charge in [-0.15, -0.1) is 0 Å². The Morgan fingerprint density at radius 1 is 0.897 bits per heavy atom. The second-order valence-electron chi connectivity index (χ2n) is 7.34. The topological polar surface area (TPSA) is 47.3 Å². The summed E-state index contributed by atoms with van der Waals surface area (Å²) in [7, 11) is 1.98. The number of nitrogens with zero attached hydrogens (tertiary/aromatic N) is 1. The van der Waals surface area contributed by atoms with Crippen molar-refractivity contribution in [2.24, 2.45) is 0 Å². The molecule has 29 heavy (non-hydrogen) atoms. The van der Waals surface area contributed by atoms with Gasteiger partial charge in [0.15, 0.2) is 0 Å². The number of rotatable bonds is 8. The first-order valence-electron chi connectivity index (χ1n) is 9.96. The summed E-state index contributed by atoms with van der Waals surface area (Å²) in [6, 6.07) is 27.5. The smallest absolute Gasteiger partial charge is 0.134 e. The number of aromatic nitrogens is 1. The van der Waals surface area contributed by atoms with Crippen LogP contribution in [0.2, 0.25) is 0 Å². The molecule has 4 nitrogen and oxygen atoms in total. The first kappa shape index (κ1) is 19.4. The monoisotopic (exact) mass is 386 g/mol. The summed E-state index contributed by atoms with van der Waals surface area (Å²) in [6.45, 7) is 3.10. The maximum absolute atomic E-state index is 6.45. The predicted octanol–water partition coefficient (Wildman–Crippen LogP) is 5.40. The molecule has 1 aromatic heterocycles. The summed E-state index contributed by atoms with van der Waals surface area (Å²) in [4.78, 5) is 0. The molecule has 3 aromatic carbocycles. The number of ether oxygens (including phenoxy) is 1. The average molecular weight is 386 g/mol. The van der Waals surface area contributed by atoms with Crippen molar-refractivity contribution in [2.75, 3.05) is 13.6 Å². The third-order valence-corrected chi connectivity index (χ3v) is 5.21. The van der Waals surface area contributed by atoms with Gasteiger partial charge in [-0.3, -0.25) is 0 Å². The average Bonchev–Trinajstić information content (AvgIpc) is 3.18. The van der Waals surface area contributed by atoms with Crippen LogP contribution in [0.25, 0.3) is 10.8 Å². The van der Waals surface area contributed by atoms with Crippen LogP contribution in [0, 0.1) is 6.92 Å². The molecule has 0 aliphatic carbocycles. The van der Waals surface area contributed by atoms with Crippen LogP contribution >= 0.6 is 0 Å². The number of benzene rings is 3. The van der Waals surface area contributed by atoms with E-state index in [4.69, 9.17) is 9.26 Å². The van der Waals surface area contributed by atoms with Gasteiger partial charge in [-0.05, 0) is 35.9 Å². The molecule has 0 amide bonds. The molecule has 0 unspecified atom stereocenters. The highest BCUT2D eigenvalue weighted by Gasteiger charge is 2.26. The standard InChI is InChI=1S/C25H26N2O2/c1-18-14-23(27-29-18)17-28-25(20-9-4-3-5-10-20)24(16-26-2)22-13-12-19-8-6-7-11-21(19)15-22/h3-15,24-26H,16-17H2,1-2H3/t24-,25-/m1/s1. The predicted molar refractivity (Wildman–Crippen MR) is 116 cm³/mol. The summed E-state index contributed by atoms with van der Waals surface area (Å²) in [5.74, 6) is 0.946. The van der Waals surface area contributed by atoms with Gasteiger partial charge in [-0.2, -0.15) is 0 Å². The van der Waals surface area contributed by atoms with Crippen molar-refractivity contribution in [1.82, 2.24) is 10.5 Å². The Morgan fingerprint density at radius 2 is 1.66 bits per heavy atom. The molecule has 0 spiro atoms. The molecule has 4 aromatic rings. The van der Waals surface area contributed by atoms with Crippen LogP contribution in [0.4, 0.5) is 0 Å². The lowest BCUT2D eigenvalue weighted by molar-refractivity contribution is 0.0179. The summed E-state index contributed by atoms with van der Waals surface area (Å²) in [5.41, 5.74) is 3.22. The van der Waals surface area contributed by atoms with Gasteiger partial charge in [0.2, 0.25) is 0 Å². The number of hydrogen-bond donors (Lipinski definition) is 1. The van der Waals surface area contributed by atoms with Gasteiger partial charge in [0.05, 0.1) is 12.7 Å². The van der Waals surface area contributed by atoms with E-state index in [9.17, 15) is 0 Å². The van der Waals surface area contributed by atoms with Crippen LogP contribution < -0.4 is 5.32 Å². The van der Waals surface area contributed by atoms with Crippen LogP contribution in [-0.2, 0) is 11.3 Å². The molecule has 2 atom stereocenters. The van der Waals surface area contributed by atoms with E-state index in [2.05, 4.69) is 77.2 Å². The quantitative estimate of drug-likeness (QED) is 0.441. The highest BCUT2D eigenvalue weighted by atomic mass is 16.5. The Balaban J connectivity index is 1.69. The van der Waals surface area contributed by atoms with E-state index in [-0.39, 0.29) is 12.0 Å². The number of hydrogen-bond acceptors (Lipinski definition) is 4. The largest absolute Gasteiger partial charge is 0.366 e. The van der Waals surface area contributed by atoms with E-state index in [1.54, 1.807) is 0 Å². The second kappa shape index (κ2) is 9.03. The maximum atomic E-state index is 6.45. The minimum atomic E-state index is -0.109. The minimum Gasteiger partial charge on any atom is -0.366 e. The fraction of sp³-hybridized carbons (Fsp3) is 0.240. The van der Waals surface area contributed by atoms with Crippen LogP contribution in [0.3, 0.4) is 0 Å². The molecule has 0 radical (unpaired) electrons. The highest BCUT2D eigenvalue weighted by molar-refractivity contribution is 5.83. The van der Waals surface area contributed by atoms with E-state index in [1.165, 1.54) is 16.3 Å². The van der Waals surface area contributed by atoms with Gasteiger partial charge in [-0.1, -0.05) is 78.0 Å². The highest BCUT2D eigenvalue weighted by Crippen LogP contribution is 2.35. The van der Waals surface area contributed by atoms with Crippen molar-refractivity contribution in [2.45, 2.75) is 25.6 Å². The summed E-state index contributed by atoms with van der Waals surface area (Å²) in [6.07, 6.45) is -0.109. The van der Waals surface area contributed by atoms with Gasteiger partial charge < -0.3 is 14.6 Å². The molecule has 0 aliphatic heterocycles. The number of nitrogens with one attached hydrogen (secondary N) is 1. The molecular weight excluding hydrogens is 360 g/mol. The lowest BCUT2D eigenvalue weighted by atomic mass is 9.87. The van der Waals surface area contributed by atoms with Crippen molar-refractivity contribution >= 4 is 10.8 Å². The Hall–Kier alpha value is -2.95. The Morgan fingerprint density at radius 3 is 2.38 bits per heavy atom. The zero-order valence-electron chi connectivity index (χ0n) is 16.8. The van der Waals surface area contributed by atoms with Crippen molar-refractivity contribution in [3.8, 4) is 0 Å². The number of likely N-dealkylation sites (N-methyl/N-ethyl adjacent to an activating group) is 1. The first-order chi connectivity index (χ1) is 14.2. The third kappa shape index (κ3) is 4.56. The van der Waals surface area contributed by atoms with Crippen molar-refractivity contribution in [1.29, 1.82) is 0 Å². The van der Waals surface area contributed by atoms with Gasteiger partial charge >= 0.3 is 0 Å². The Labute approximate surface area is 171 Å². The Kier molecular flexibility index (Phi) is 6.03. The molecule has 4 heteroatoms. The van der Waals surface area contributed by atoms with E-state index in [1.807, 2.05) is 26.1 Å². The summed E-state index contributed by atoms with van der Waals surface area (Å²) in [5, 5.41) is 9.92. The molecule has 4 rings (SSSR count). The lowest BCUT2D eigenvalue weighted by Gasteiger charge is -2.28. The second-order valence-corrected chi connectivity index (χ2v) is 7.34. The molecule has 0 aliphatic rings. The molecule has 0 fully saturated rings. The van der Waals surface area contributed by atoms with E-state index in [0.717, 1.165) is 23.6 Å². The van der Waals surface area contributed by atoms with Crippen LogP contribution in [-0.4, -0.2) is 18.7 Å². The summed E-state index contributed by atoms with van der Waals surface area (Å²) >= 11 is 0. The summed E-state index contributed by atoms with van der Waals surface area (Å²) < 4.78 is 11.6. The first-order valence-corrected chi connectivity index (χ1v) is 9.96. The van der Waals surface area contributed by atoms with Crippen molar-refractivity contribution in [3.05, 3.63) is 101 Å². The van der Waals surface area contributed by atoms with Gasteiger partial charge in [-0.25, -0.2) is 0 Å². The molecule has 1 N–H and O–H groups in total. The Bertz CT molecular complexity index is 1060. The molecule has 0 bridgehead atoms. The van der Waals surface area contributed by atoms with Crippen LogP contribution in [0.5, 0.6) is 0 Å². The molecule has 0 saturated carbocycles. The van der Waals surface area contributed by atoms with Crippen LogP contribution in [0.1, 0.15) is 34.6 Å². The SMILES string of the molecule is CNC[C@H](c1ccc2ccccc2c1)[C@H](OCc1cc(C)on1)c1ccccc1. The third-order valence-electron chi connectivity index (χ3n) is 5.21. The van der Waals surface area contributed by atoms with E-state index in [0.29, 0.717) is 6.61 Å². The van der Waals surface area contributed by atoms with Gasteiger partial charge in [0, 0.05) is 18.5 Å². The lowest BCUT2D eigenvalue weighted by Crippen LogP contribution is -2.25. The molecule has 1 heterocycles. The minimum absolute atomic E-state index is 0.109. The van der Waals surface area contributed by atoms with Crippen molar-refractivity contribution < 1.29 is 9.26 Å². The zero-order chi connectivity index (χ0) is 20.1. The molecule has 148 valence electrons. The molecule has 0 saturated heterocycles. The number of aryl methyl sites for hydroxylation is 1. The fourth-order valence-corrected chi connectivity index (χ4v) is 3.81. The zero-order valence-corrected chi connectivity index (χ0v) is 16.8. The molecular formula is C25H26N2O2. The normalized spacial score (nSPS) is 13.4. The van der Waals surface area contributed by atoms with Crippen LogP contribution in [0.15, 0.2) is 83.4 Å². The number of fused-ring (bicyclic) bond motifs is 1. The fourth-order valence-electron chi connectivity index (χ4n) is 3.81. The van der Waals surface area contributed by atoms with Gasteiger partial charge in [0.25, 0.3) is 0 Å². The van der Waals surface area contributed by atoms with Gasteiger partial charge in [0.1, 0.15) is 11.5 Å². The van der Waals surface area contributed by atoms with Crippen molar-refractivity contribution in [3.63, 3.8) is 0 Å². The maximum Gasteiger partial charge on any atom is 0.134 e. The van der Waals surface area contributed by atoms with E-state index >= 15 is 0 Å².